The largest absolute Gasteiger partial charge is 0.492 e. The predicted octanol–water partition coefficient (Wildman–Crippen LogP) is 2.06. The summed E-state index contributed by atoms with van der Waals surface area (Å²) in [4.78, 5) is 38.4. The summed E-state index contributed by atoms with van der Waals surface area (Å²) >= 11 is 0. The molecule has 0 saturated carbocycles. The van der Waals surface area contributed by atoms with Crippen molar-refractivity contribution in [3.8, 4) is 5.75 Å². The highest BCUT2D eigenvalue weighted by molar-refractivity contribution is 6.01. The molecule has 3 rings (SSSR count). The van der Waals surface area contributed by atoms with Gasteiger partial charge in [-0.3, -0.25) is 14.4 Å². The molecule has 1 aromatic carbocycles. The molecule has 1 unspecified atom stereocenters. The van der Waals surface area contributed by atoms with E-state index < -0.39 is 12.0 Å². The monoisotopic (exact) mass is 345 g/mol. The molecule has 6 heteroatoms. The maximum absolute atomic E-state index is 13.1. The lowest BCUT2D eigenvalue weighted by Crippen LogP contribution is -2.40. The number of Topliss-reactive ketones (excluding diaryl/α,β-unsaturated/α-hetero) is 1. The smallest absolute Gasteiger partial charge is 0.305 e. The highest BCUT2D eigenvalue weighted by atomic mass is 16.5. The van der Waals surface area contributed by atoms with Crippen LogP contribution in [0.15, 0.2) is 12.1 Å². The second-order valence-electron chi connectivity index (χ2n) is 6.60. The zero-order chi connectivity index (χ0) is 18.0. The van der Waals surface area contributed by atoms with Crippen LogP contribution < -0.4 is 4.74 Å². The lowest BCUT2D eigenvalue weighted by Gasteiger charge is -2.24. The van der Waals surface area contributed by atoms with Crippen LogP contribution in [-0.4, -0.2) is 48.9 Å². The number of likely N-dealkylation sites (tertiary alicyclic amines) is 1. The van der Waals surface area contributed by atoms with Crippen LogP contribution >= 0.6 is 0 Å². The van der Waals surface area contributed by atoms with Crippen LogP contribution in [0, 0.1) is 6.92 Å². The molecule has 6 nitrogen and oxygen atoms in total. The summed E-state index contributed by atoms with van der Waals surface area (Å²) in [5, 5.41) is 0. The lowest BCUT2D eigenvalue weighted by molar-refractivity contribution is -0.142. The van der Waals surface area contributed by atoms with E-state index >= 15 is 0 Å². The number of nitrogens with zero attached hydrogens (tertiary/aromatic N) is 1. The zero-order valence-corrected chi connectivity index (χ0v) is 14.7. The number of benzene rings is 1. The summed E-state index contributed by atoms with van der Waals surface area (Å²) in [6, 6.07) is 3.41. The molecule has 2 heterocycles. The van der Waals surface area contributed by atoms with Crippen molar-refractivity contribution in [2.75, 3.05) is 20.3 Å². The molecule has 0 radical (unpaired) electrons. The third-order valence-electron chi connectivity index (χ3n) is 4.85. The summed E-state index contributed by atoms with van der Waals surface area (Å²) in [7, 11) is 1.30. The van der Waals surface area contributed by atoms with Gasteiger partial charge in [0.2, 0.25) is 0 Å². The molecule has 0 bridgehead atoms. The third kappa shape index (κ3) is 3.52. The molecule has 0 aliphatic carbocycles. The molecular formula is C19H23NO5. The Morgan fingerprint density at radius 3 is 2.84 bits per heavy atom. The Balaban J connectivity index is 1.78. The molecule has 1 fully saturated rings. The Bertz CT molecular complexity index is 712. The molecule has 134 valence electrons. The number of ketones is 1. The SMILES string of the molecule is COC(=O)CCC(=O)C1CCCN1C(=O)c1cc(C)cc2c1OCC2. The minimum absolute atomic E-state index is 0.0524. The Morgan fingerprint density at radius 2 is 2.08 bits per heavy atom. The second-order valence-corrected chi connectivity index (χ2v) is 6.60. The van der Waals surface area contributed by atoms with Crippen LogP contribution in [0.3, 0.4) is 0 Å². The summed E-state index contributed by atoms with van der Waals surface area (Å²) in [5.41, 5.74) is 2.61. The number of methoxy groups -OCH3 is 1. The normalized spacial score (nSPS) is 18.6. The molecular weight excluding hydrogens is 322 g/mol. The van der Waals surface area contributed by atoms with Crippen LogP contribution in [0.5, 0.6) is 5.75 Å². The van der Waals surface area contributed by atoms with Crippen LogP contribution in [-0.2, 0) is 20.7 Å². The van der Waals surface area contributed by atoms with Gasteiger partial charge in [-0.05, 0) is 37.0 Å². The average molecular weight is 345 g/mol. The fourth-order valence-corrected chi connectivity index (χ4v) is 3.62. The maximum Gasteiger partial charge on any atom is 0.305 e. The van der Waals surface area contributed by atoms with Crippen LogP contribution in [0.1, 0.15) is 47.2 Å². The molecule has 0 N–H and O–H groups in total. The van der Waals surface area contributed by atoms with Gasteiger partial charge in [0.1, 0.15) is 5.75 Å². The van der Waals surface area contributed by atoms with Gasteiger partial charge < -0.3 is 14.4 Å². The topological polar surface area (TPSA) is 72.9 Å². The molecule has 0 aromatic heterocycles. The number of ether oxygens (including phenoxy) is 2. The summed E-state index contributed by atoms with van der Waals surface area (Å²) < 4.78 is 10.2. The van der Waals surface area contributed by atoms with Gasteiger partial charge in [-0.2, -0.15) is 0 Å². The summed E-state index contributed by atoms with van der Waals surface area (Å²) in [6.45, 7) is 3.09. The number of carbonyl (C=O) groups is 3. The van der Waals surface area contributed by atoms with Crippen molar-refractivity contribution in [3.63, 3.8) is 0 Å². The number of hydrogen-bond donors (Lipinski definition) is 0. The van der Waals surface area contributed by atoms with Gasteiger partial charge in [0.15, 0.2) is 5.78 Å². The Hall–Kier alpha value is -2.37. The number of hydrogen-bond acceptors (Lipinski definition) is 5. The van der Waals surface area contributed by atoms with Crippen LogP contribution in [0.4, 0.5) is 0 Å². The number of rotatable bonds is 5. The van der Waals surface area contributed by atoms with Crippen molar-refractivity contribution in [2.45, 2.75) is 45.1 Å². The first kappa shape index (κ1) is 17.5. The molecule has 1 atom stereocenters. The van der Waals surface area contributed by atoms with E-state index in [1.54, 1.807) is 4.90 Å². The molecule has 1 saturated heterocycles. The van der Waals surface area contributed by atoms with Crippen LogP contribution in [0.25, 0.3) is 0 Å². The van der Waals surface area contributed by atoms with E-state index in [9.17, 15) is 14.4 Å². The minimum Gasteiger partial charge on any atom is -0.492 e. The number of carbonyl (C=O) groups excluding carboxylic acids is 3. The van der Waals surface area contributed by atoms with Gasteiger partial charge in [0.05, 0.1) is 31.7 Å². The van der Waals surface area contributed by atoms with Crippen molar-refractivity contribution in [2.24, 2.45) is 0 Å². The number of fused-ring (bicyclic) bond motifs is 1. The van der Waals surface area contributed by atoms with E-state index in [1.807, 2.05) is 19.1 Å². The quantitative estimate of drug-likeness (QED) is 0.764. The van der Waals surface area contributed by atoms with Gasteiger partial charge in [0.25, 0.3) is 5.91 Å². The minimum atomic E-state index is -0.463. The first-order valence-corrected chi connectivity index (χ1v) is 8.68. The molecule has 1 aromatic rings. The van der Waals surface area contributed by atoms with E-state index in [2.05, 4.69) is 4.74 Å². The van der Waals surface area contributed by atoms with Gasteiger partial charge >= 0.3 is 5.97 Å². The van der Waals surface area contributed by atoms with Gasteiger partial charge in [-0.15, -0.1) is 0 Å². The maximum atomic E-state index is 13.1. The Kier molecular flexibility index (Phi) is 5.06. The lowest BCUT2D eigenvalue weighted by atomic mass is 10.0. The van der Waals surface area contributed by atoms with Crippen molar-refractivity contribution >= 4 is 17.7 Å². The van der Waals surface area contributed by atoms with Gasteiger partial charge in [0, 0.05) is 19.4 Å². The standard InChI is InChI=1S/C19H23NO5/c1-12-10-13-7-9-25-18(13)14(11-12)19(23)20-8-3-4-15(20)16(21)5-6-17(22)24-2/h10-11,15H,3-9H2,1-2H3. The van der Waals surface area contributed by atoms with E-state index in [0.29, 0.717) is 30.9 Å². The first-order valence-electron chi connectivity index (χ1n) is 8.68. The molecule has 25 heavy (non-hydrogen) atoms. The van der Waals surface area contributed by atoms with Crippen molar-refractivity contribution in [3.05, 3.63) is 28.8 Å². The molecule has 1 amide bonds. The first-order chi connectivity index (χ1) is 12.0. The van der Waals surface area contributed by atoms with Crippen molar-refractivity contribution in [1.82, 2.24) is 4.90 Å². The highest BCUT2D eigenvalue weighted by Crippen LogP contribution is 2.33. The third-order valence-corrected chi connectivity index (χ3v) is 4.85. The molecule has 2 aliphatic heterocycles. The summed E-state index contributed by atoms with van der Waals surface area (Å²) in [5.74, 6) is 0.00891. The Morgan fingerprint density at radius 1 is 1.28 bits per heavy atom. The van der Waals surface area contributed by atoms with Crippen LogP contribution in [0.2, 0.25) is 0 Å². The number of esters is 1. The van der Waals surface area contributed by atoms with Gasteiger partial charge in [-0.1, -0.05) is 6.07 Å². The average Bonchev–Trinajstić information content (AvgIpc) is 3.26. The van der Waals surface area contributed by atoms with E-state index in [1.165, 1.54) is 7.11 Å². The van der Waals surface area contributed by atoms with E-state index in [0.717, 1.165) is 24.0 Å². The number of amides is 1. The van der Waals surface area contributed by atoms with E-state index in [-0.39, 0.29) is 24.5 Å². The zero-order valence-electron chi connectivity index (χ0n) is 14.7. The molecule has 0 spiro atoms. The highest BCUT2D eigenvalue weighted by Gasteiger charge is 2.36. The van der Waals surface area contributed by atoms with Crippen molar-refractivity contribution in [1.29, 1.82) is 0 Å². The number of aryl methyl sites for hydroxylation is 1. The fraction of sp³-hybridized carbons (Fsp3) is 0.526. The summed E-state index contributed by atoms with van der Waals surface area (Å²) in [6.07, 6.45) is 2.38. The Labute approximate surface area is 147 Å². The second kappa shape index (κ2) is 7.25. The fourth-order valence-electron chi connectivity index (χ4n) is 3.62. The van der Waals surface area contributed by atoms with E-state index in [4.69, 9.17) is 4.74 Å². The predicted molar refractivity (Wildman–Crippen MR) is 90.7 cm³/mol. The van der Waals surface area contributed by atoms with Crippen molar-refractivity contribution < 1.29 is 23.9 Å². The molecule has 2 aliphatic rings. The van der Waals surface area contributed by atoms with Gasteiger partial charge in [-0.25, -0.2) is 0 Å².